The number of benzene rings is 1. The van der Waals surface area contributed by atoms with Crippen LogP contribution in [-0.4, -0.2) is 33.0 Å². The van der Waals surface area contributed by atoms with Gasteiger partial charge < -0.3 is 15.8 Å². The van der Waals surface area contributed by atoms with E-state index in [0.29, 0.717) is 34.9 Å². The molecule has 1 aliphatic rings. The summed E-state index contributed by atoms with van der Waals surface area (Å²) >= 11 is 0. The second-order valence-corrected chi connectivity index (χ2v) is 6.76. The van der Waals surface area contributed by atoms with Gasteiger partial charge >= 0.3 is 0 Å². The predicted molar refractivity (Wildman–Crippen MR) is 104 cm³/mol. The first-order valence-corrected chi connectivity index (χ1v) is 8.87. The Kier molecular flexibility index (Phi) is 4.38. The normalized spacial score (nSPS) is 15.7. The molecule has 0 radical (unpaired) electrons. The minimum Gasteiger partial charge on any atom is -0.480 e. The third kappa shape index (κ3) is 3.13. The van der Waals surface area contributed by atoms with Crippen molar-refractivity contribution in [3.63, 3.8) is 0 Å². The summed E-state index contributed by atoms with van der Waals surface area (Å²) in [5, 5.41) is 3.07. The quantitative estimate of drug-likeness (QED) is 0.719. The SMILES string of the molecule is COc1cncc(-c2cc(C)ccc2C2Cc3nc(N)nc(C)c3C(=O)N2)n1. The maximum atomic E-state index is 12.7. The number of rotatable bonds is 3. The number of hydrogen-bond acceptors (Lipinski definition) is 7. The van der Waals surface area contributed by atoms with Crippen LogP contribution in [0.5, 0.6) is 5.88 Å². The molecule has 3 N–H and O–H groups in total. The molecule has 8 heteroatoms. The minimum absolute atomic E-state index is 0.174. The number of nitrogen functional groups attached to an aromatic ring is 1. The molecule has 3 aromatic rings. The first kappa shape index (κ1) is 17.8. The van der Waals surface area contributed by atoms with E-state index in [4.69, 9.17) is 10.5 Å². The van der Waals surface area contributed by atoms with Crippen LogP contribution in [0.3, 0.4) is 0 Å². The number of ether oxygens (including phenoxy) is 1. The number of amides is 1. The van der Waals surface area contributed by atoms with Gasteiger partial charge in [-0.05, 0) is 25.5 Å². The molecular formula is C20H20N6O2. The van der Waals surface area contributed by atoms with Crippen LogP contribution in [0.2, 0.25) is 0 Å². The van der Waals surface area contributed by atoms with Gasteiger partial charge in [0.2, 0.25) is 11.8 Å². The van der Waals surface area contributed by atoms with Crippen molar-refractivity contribution in [1.29, 1.82) is 0 Å². The van der Waals surface area contributed by atoms with E-state index in [0.717, 1.165) is 16.7 Å². The first-order chi connectivity index (χ1) is 13.5. The Morgan fingerprint density at radius 2 is 2.00 bits per heavy atom. The molecule has 0 bridgehead atoms. The molecule has 4 rings (SSSR count). The van der Waals surface area contributed by atoms with Gasteiger partial charge in [-0.25, -0.2) is 15.0 Å². The molecular weight excluding hydrogens is 356 g/mol. The van der Waals surface area contributed by atoms with Crippen LogP contribution in [0.15, 0.2) is 30.6 Å². The highest BCUT2D eigenvalue weighted by atomic mass is 16.5. The van der Waals surface area contributed by atoms with Crippen molar-refractivity contribution in [1.82, 2.24) is 25.3 Å². The molecule has 3 heterocycles. The number of aromatic nitrogens is 4. The fraction of sp³-hybridized carbons (Fsp3) is 0.250. The molecule has 2 aromatic heterocycles. The largest absolute Gasteiger partial charge is 0.480 e. The van der Waals surface area contributed by atoms with Gasteiger partial charge in [0.05, 0.1) is 48.2 Å². The molecule has 0 saturated carbocycles. The van der Waals surface area contributed by atoms with Gasteiger partial charge in [0.1, 0.15) is 0 Å². The molecule has 28 heavy (non-hydrogen) atoms. The van der Waals surface area contributed by atoms with Crippen molar-refractivity contribution in [3.8, 4) is 17.1 Å². The second kappa shape index (κ2) is 6.88. The van der Waals surface area contributed by atoms with E-state index in [1.807, 2.05) is 25.1 Å². The lowest BCUT2D eigenvalue weighted by Gasteiger charge is -2.27. The number of hydrogen-bond donors (Lipinski definition) is 2. The van der Waals surface area contributed by atoms with Crippen LogP contribution < -0.4 is 15.8 Å². The minimum atomic E-state index is -0.266. The van der Waals surface area contributed by atoms with Crippen LogP contribution in [0.25, 0.3) is 11.3 Å². The highest BCUT2D eigenvalue weighted by molar-refractivity contribution is 5.98. The third-order valence-electron chi connectivity index (χ3n) is 4.79. The molecule has 1 amide bonds. The fourth-order valence-electron chi connectivity index (χ4n) is 3.53. The van der Waals surface area contributed by atoms with Crippen molar-refractivity contribution >= 4 is 11.9 Å². The van der Waals surface area contributed by atoms with Crippen LogP contribution in [0, 0.1) is 13.8 Å². The van der Waals surface area contributed by atoms with Gasteiger partial charge in [0, 0.05) is 12.0 Å². The van der Waals surface area contributed by atoms with Gasteiger partial charge in [0.15, 0.2) is 0 Å². The summed E-state index contributed by atoms with van der Waals surface area (Å²) in [4.78, 5) is 29.9. The van der Waals surface area contributed by atoms with Crippen LogP contribution in [0.1, 0.15) is 38.9 Å². The van der Waals surface area contributed by atoms with Crippen LogP contribution >= 0.6 is 0 Å². The molecule has 1 atom stereocenters. The zero-order valence-electron chi connectivity index (χ0n) is 15.9. The van der Waals surface area contributed by atoms with Gasteiger partial charge in [-0.1, -0.05) is 17.7 Å². The molecule has 0 fully saturated rings. The van der Waals surface area contributed by atoms with Crippen LogP contribution in [0.4, 0.5) is 5.95 Å². The standard InChI is InChI=1S/C20H20N6O2/c1-10-4-5-12(13(6-10)16-8-22-9-17(24-16)28-3)14-7-15-18(19(27)25-14)11(2)23-20(21)26-15/h4-6,8-9,14H,7H2,1-3H3,(H,25,27)(H2,21,23,26). The fourth-order valence-corrected chi connectivity index (χ4v) is 3.53. The average molecular weight is 376 g/mol. The maximum Gasteiger partial charge on any atom is 0.255 e. The number of fused-ring (bicyclic) bond motifs is 1. The Morgan fingerprint density at radius 1 is 1.18 bits per heavy atom. The van der Waals surface area contributed by atoms with E-state index in [9.17, 15) is 4.79 Å². The van der Waals surface area contributed by atoms with Gasteiger partial charge in [-0.3, -0.25) is 9.78 Å². The number of anilines is 1. The summed E-state index contributed by atoms with van der Waals surface area (Å²) in [7, 11) is 1.55. The lowest BCUT2D eigenvalue weighted by Crippen LogP contribution is -2.37. The lowest BCUT2D eigenvalue weighted by atomic mass is 9.89. The summed E-state index contributed by atoms with van der Waals surface area (Å²) in [5.41, 5.74) is 11.1. The summed E-state index contributed by atoms with van der Waals surface area (Å²) in [6, 6.07) is 5.77. The number of nitrogens with one attached hydrogen (secondary N) is 1. The number of nitrogens with two attached hydrogens (primary N) is 1. The van der Waals surface area contributed by atoms with Crippen molar-refractivity contribution in [2.45, 2.75) is 26.3 Å². The number of nitrogens with zero attached hydrogens (tertiary/aromatic N) is 4. The Bertz CT molecular complexity index is 1080. The summed E-state index contributed by atoms with van der Waals surface area (Å²) in [6.45, 7) is 3.77. The van der Waals surface area contributed by atoms with E-state index in [-0.39, 0.29) is 17.9 Å². The van der Waals surface area contributed by atoms with Crippen molar-refractivity contribution < 1.29 is 9.53 Å². The summed E-state index contributed by atoms with van der Waals surface area (Å²) in [6.07, 6.45) is 3.76. The molecule has 1 aliphatic heterocycles. The Hall–Kier alpha value is -3.55. The van der Waals surface area contributed by atoms with Crippen molar-refractivity contribution in [2.75, 3.05) is 12.8 Å². The third-order valence-corrected chi connectivity index (χ3v) is 4.79. The van der Waals surface area contributed by atoms with Crippen molar-refractivity contribution in [2.24, 2.45) is 0 Å². The molecule has 1 aromatic carbocycles. The Labute approximate surface area is 162 Å². The monoisotopic (exact) mass is 376 g/mol. The maximum absolute atomic E-state index is 12.7. The van der Waals surface area contributed by atoms with E-state index >= 15 is 0 Å². The Morgan fingerprint density at radius 3 is 2.79 bits per heavy atom. The second-order valence-electron chi connectivity index (χ2n) is 6.76. The highest BCUT2D eigenvalue weighted by Crippen LogP contribution is 2.33. The topological polar surface area (TPSA) is 116 Å². The first-order valence-electron chi connectivity index (χ1n) is 8.87. The lowest BCUT2D eigenvalue weighted by molar-refractivity contribution is 0.0922. The average Bonchev–Trinajstić information content (AvgIpc) is 2.67. The number of aryl methyl sites for hydroxylation is 2. The molecule has 0 aliphatic carbocycles. The Balaban J connectivity index is 1.81. The summed E-state index contributed by atoms with van der Waals surface area (Å²) in [5.74, 6) is 0.401. The molecule has 1 unspecified atom stereocenters. The van der Waals surface area contributed by atoms with Crippen molar-refractivity contribution in [3.05, 3.63) is 58.7 Å². The highest BCUT2D eigenvalue weighted by Gasteiger charge is 2.30. The van der Waals surface area contributed by atoms with E-state index in [1.165, 1.54) is 0 Å². The van der Waals surface area contributed by atoms with Gasteiger partial charge in [-0.2, -0.15) is 0 Å². The zero-order chi connectivity index (χ0) is 19.8. The molecule has 0 spiro atoms. The number of methoxy groups -OCH3 is 1. The van der Waals surface area contributed by atoms with E-state index < -0.39 is 0 Å². The molecule has 0 saturated heterocycles. The van der Waals surface area contributed by atoms with Gasteiger partial charge in [0.25, 0.3) is 5.91 Å². The zero-order valence-corrected chi connectivity index (χ0v) is 15.9. The van der Waals surface area contributed by atoms with E-state index in [1.54, 1.807) is 26.4 Å². The number of carbonyl (C=O) groups excluding carboxylic acids is 1. The molecule has 142 valence electrons. The van der Waals surface area contributed by atoms with E-state index in [2.05, 4.69) is 25.3 Å². The van der Waals surface area contributed by atoms with Crippen LogP contribution in [-0.2, 0) is 6.42 Å². The number of carbonyl (C=O) groups is 1. The predicted octanol–water partition coefficient (Wildman–Crippen LogP) is 2.17. The molecule has 8 nitrogen and oxygen atoms in total. The van der Waals surface area contributed by atoms with Gasteiger partial charge in [-0.15, -0.1) is 0 Å². The smallest absolute Gasteiger partial charge is 0.255 e. The summed E-state index contributed by atoms with van der Waals surface area (Å²) < 4.78 is 5.21.